The molecule has 0 fully saturated rings. The van der Waals surface area contributed by atoms with E-state index in [0.717, 1.165) is 15.7 Å². The van der Waals surface area contributed by atoms with Crippen LogP contribution in [0.1, 0.15) is 16.1 Å². The Morgan fingerprint density at radius 3 is 2.63 bits per heavy atom. The molecule has 0 aliphatic heterocycles. The molecule has 5 nitrogen and oxygen atoms in total. The number of nitrogens with one attached hydrogen (secondary N) is 2. The van der Waals surface area contributed by atoms with E-state index < -0.39 is 0 Å². The van der Waals surface area contributed by atoms with Crippen LogP contribution < -0.4 is 16.6 Å². The third-order valence-electron chi connectivity index (χ3n) is 2.46. The summed E-state index contributed by atoms with van der Waals surface area (Å²) >= 11 is 3.39. The van der Waals surface area contributed by atoms with Gasteiger partial charge in [-0.2, -0.15) is 0 Å². The Hall–Kier alpha value is -1.92. The second kappa shape index (κ2) is 5.81. The number of anilines is 2. The molecule has 0 aliphatic rings. The Morgan fingerprint density at radius 2 is 2.05 bits per heavy atom. The molecule has 98 valence electrons. The summed E-state index contributed by atoms with van der Waals surface area (Å²) in [5.41, 5.74) is 5.21. The number of carbonyl (C=O) groups excluding carboxylic acids is 1. The zero-order chi connectivity index (χ0) is 13.8. The van der Waals surface area contributed by atoms with Gasteiger partial charge in [0.2, 0.25) is 0 Å². The van der Waals surface area contributed by atoms with Crippen molar-refractivity contribution in [3.8, 4) is 0 Å². The van der Waals surface area contributed by atoms with Crippen molar-refractivity contribution < 1.29 is 4.79 Å². The van der Waals surface area contributed by atoms with E-state index in [0.29, 0.717) is 11.4 Å². The number of hydrazine groups is 1. The number of hydrogen-bond donors (Lipinski definition) is 3. The van der Waals surface area contributed by atoms with Crippen molar-refractivity contribution >= 4 is 33.2 Å². The van der Waals surface area contributed by atoms with E-state index in [1.165, 1.54) is 6.20 Å². The standard InChI is InChI=1S/C13H13BrN4O/c1-8-4-9(14)6-11(5-8)17-13(19)12-3-2-10(18-15)7-16-12/h2-7,18H,15H2,1H3,(H,17,19). The van der Waals surface area contributed by atoms with Crippen molar-refractivity contribution in [2.45, 2.75) is 6.92 Å². The molecule has 0 unspecified atom stereocenters. The Bertz CT molecular complexity index is 578. The third-order valence-corrected chi connectivity index (χ3v) is 2.92. The summed E-state index contributed by atoms with van der Waals surface area (Å²) < 4.78 is 0.915. The van der Waals surface area contributed by atoms with E-state index in [9.17, 15) is 4.79 Å². The average Bonchev–Trinajstić information content (AvgIpc) is 2.37. The minimum atomic E-state index is -0.263. The van der Waals surface area contributed by atoms with Gasteiger partial charge in [0.1, 0.15) is 5.69 Å². The molecule has 0 radical (unpaired) electrons. The normalized spacial score (nSPS) is 10.1. The molecule has 1 heterocycles. The second-order valence-corrected chi connectivity index (χ2v) is 4.96. The van der Waals surface area contributed by atoms with Gasteiger partial charge in [0.15, 0.2) is 0 Å². The summed E-state index contributed by atoms with van der Waals surface area (Å²) in [5.74, 6) is 4.97. The highest BCUT2D eigenvalue weighted by molar-refractivity contribution is 9.10. The van der Waals surface area contributed by atoms with Crippen molar-refractivity contribution in [2.75, 3.05) is 10.7 Å². The quantitative estimate of drug-likeness (QED) is 0.600. The van der Waals surface area contributed by atoms with Crippen LogP contribution in [0.3, 0.4) is 0 Å². The molecule has 1 aromatic heterocycles. The van der Waals surface area contributed by atoms with Crippen LogP contribution >= 0.6 is 15.9 Å². The van der Waals surface area contributed by atoms with Gasteiger partial charge in [-0.1, -0.05) is 15.9 Å². The highest BCUT2D eigenvalue weighted by Crippen LogP contribution is 2.19. The minimum Gasteiger partial charge on any atom is -0.323 e. The molecule has 0 aliphatic carbocycles. The molecule has 0 atom stereocenters. The smallest absolute Gasteiger partial charge is 0.274 e. The number of aryl methyl sites for hydroxylation is 1. The number of nitrogen functional groups attached to an aromatic ring is 1. The number of nitrogens with two attached hydrogens (primary N) is 1. The first-order chi connectivity index (χ1) is 9.08. The Labute approximate surface area is 119 Å². The monoisotopic (exact) mass is 320 g/mol. The lowest BCUT2D eigenvalue weighted by Crippen LogP contribution is -2.14. The van der Waals surface area contributed by atoms with Crippen LogP contribution in [-0.4, -0.2) is 10.9 Å². The minimum absolute atomic E-state index is 0.263. The molecular weight excluding hydrogens is 308 g/mol. The first-order valence-electron chi connectivity index (χ1n) is 5.59. The van der Waals surface area contributed by atoms with Gasteiger partial charge < -0.3 is 10.7 Å². The topological polar surface area (TPSA) is 80.0 Å². The molecule has 19 heavy (non-hydrogen) atoms. The van der Waals surface area contributed by atoms with Crippen LogP contribution in [0.15, 0.2) is 41.0 Å². The summed E-state index contributed by atoms with van der Waals surface area (Å²) in [6.07, 6.45) is 1.50. The average molecular weight is 321 g/mol. The SMILES string of the molecule is Cc1cc(Br)cc(NC(=O)c2ccc(NN)cn2)c1. The van der Waals surface area contributed by atoms with Gasteiger partial charge in [0, 0.05) is 10.2 Å². The largest absolute Gasteiger partial charge is 0.323 e. The zero-order valence-electron chi connectivity index (χ0n) is 10.3. The van der Waals surface area contributed by atoms with Gasteiger partial charge in [-0.3, -0.25) is 10.6 Å². The lowest BCUT2D eigenvalue weighted by atomic mass is 10.2. The van der Waals surface area contributed by atoms with E-state index in [-0.39, 0.29) is 5.91 Å². The number of benzene rings is 1. The number of hydrogen-bond acceptors (Lipinski definition) is 4. The van der Waals surface area contributed by atoms with Crippen LogP contribution in [0, 0.1) is 6.92 Å². The van der Waals surface area contributed by atoms with Gasteiger partial charge in [-0.15, -0.1) is 0 Å². The number of amides is 1. The van der Waals surface area contributed by atoms with Crippen LogP contribution in [0.4, 0.5) is 11.4 Å². The zero-order valence-corrected chi connectivity index (χ0v) is 11.9. The first-order valence-corrected chi connectivity index (χ1v) is 6.39. The fourth-order valence-electron chi connectivity index (χ4n) is 1.62. The van der Waals surface area contributed by atoms with Crippen molar-refractivity contribution in [1.29, 1.82) is 0 Å². The maximum absolute atomic E-state index is 12.0. The number of pyridine rings is 1. The first kappa shape index (κ1) is 13.5. The molecule has 4 N–H and O–H groups in total. The Kier molecular flexibility index (Phi) is 4.13. The summed E-state index contributed by atoms with van der Waals surface area (Å²) in [5, 5.41) is 2.79. The van der Waals surface area contributed by atoms with Gasteiger partial charge >= 0.3 is 0 Å². The molecule has 0 saturated carbocycles. The summed E-state index contributed by atoms with van der Waals surface area (Å²) in [4.78, 5) is 16.0. The van der Waals surface area contributed by atoms with Crippen molar-refractivity contribution in [3.05, 3.63) is 52.3 Å². The molecule has 0 saturated heterocycles. The van der Waals surface area contributed by atoms with Gasteiger partial charge in [0.05, 0.1) is 11.9 Å². The molecule has 0 bridgehead atoms. The predicted molar refractivity (Wildman–Crippen MR) is 78.9 cm³/mol. The predicted octanol–water partition coefficient (Wildman–Crippen LogP) is 2.69. The van der Waals surface area contributed by atoms with Crippen LogP contribution in [0.25, 0.3) is 0 Å². The molecule has 2 aromatic rings. The van der Waals surface area contributed by atoms with Crippen LogP contribution in [0.2, 0.25) is 0 Å². The molecule has 6 heteroatoms. The maximum Gasteiger partial charge on any atom is 0.274 e. The number of aromatic nitrogens is 1. The Morgan fingerprint density at radius 1 is 1.26 bits per heavy atom. The highest BCUT2D eigenvalue weighted by Gasteiger charge is 2.08. The molecule has 1 aromatic carbocycles. The molecule has 1 amide bonds. The van der Waals surface area contributed by atoms with E-state index in [1.54, 1.807) is 12.1 Å². The van der Waals surface area contributed by atoms with Gasteiger partial charge in [-0.25, -0.2) is 4.98 Å². The number of halogens is 1. The van der Waals surface area contributed by atoms with Gasteiger partial charge in [0.25, 0.3) is 5.91 Å². The van der Waals surface area contributed by atoms with E-state index in [2.05, 4.69) is 31.7 Å². The summed E-state index contributed by atoms with van der Waals surface area (Å²) in [7, 11) is 0. The fraction of sp³-hybridized carbons (Fsp3) is 0.0769. The summed E-state index contributed by atoms with van der Waals surface area (Å²) in [6, 6.07) is 8.98. The lowest BCUT2D eigenvalue weighted by molar-refractivity contribution is 0.102. The second-order valence-electron chi connectivity index (χ2n) is 4.05. The molecular formula is C13H13BrN4O. The highest BCUT2D eigenvalue weighted by atomic mass is 79.9. The van der Waals surface area contributed by atoms with Gasteiger partial charge in [-0.05, 0) is 42.8 Å². The Balaban J connectivity index is 2.15. The maximum atomic E-state index is 12.0. The van der Waals surface area contributed by atoms with E-state index in [4.69, 9.17) is 5.84 Å². The molecule has 2 rings (SSSR count). The number of carbonyl (C=O) groups is 1. The van der Waals surface area contributed by atoms with Crippen molar-refractivity contribution in [1.82, 2.24) is 4.98 Å². The fourth-order valence-corrected chi connectivity index (χ4v) is 2.22. The van der Waals surface area contributed by atoms with Crippen LogP contribution in [-0.2, 0) is 0 Å². The van der Waals surface area contributed by atoms with Crippen molar-refractivity contribution in [2.24, 2.45) is 5.84 Å². The van der Waals surface area contributed by atoms with E-state index in [1.807, 2.05) is 25.1 Å². The summed E-state index contributed by atoms with van der Waals surface area (Å²) in [6.45, 7) is 1.96. The number of nitrogens with zero attached hydrogens (tertiary/aromatic N) is 1. The van der Waals surface area contributed by atoms with Crippen molar-refractivity contribution in [3.63, 3.8) is 0 Å². The van der Waals surface area contributed by atoms with E-state index >= 15 is 0 Å². The molecule has 0 spiro atoms. The van der Waals surface area contributed by atoms with Crippen LogP contribution in [0.5, 0.6) is 0 Å². The third kappa shape index (κ3) is 3.52. The number of rotatable bonds is 3. The lowest BCUT2D eigenvalue weighted by Gasteiger charge is -2.07.